The molecule has 1 atom stereocenters. The van der Waals surface area contributed by atoms with Gasteiger partial charge < -0.3 is 15.2 Å². The zero-order chi connectivity index (χ0) is 19.0. The number of hydrogen-bond donors (Lipinski definition) is 2. The highest BCUT2D eigenvalue weighted by Crippen LogP contribution is 2.28. The van der Waals surface area contributed by atoms with Crippen molar-refractivity contribution in [3.63, 3.8) is 0 Å². The Hall–Kier alpha value is -3.48. The quantitative estimate of drug-likeness (QED) is 0.747. The van der Waals surface area contributed by atoms with Crippen molar-refractivity contribution >= 4 is 34.1 Å². The largest absolute Gasteiger partial charge is 0.326 e. The third-order valence-electron chi connectivity index (χ3n) is 4.81. The lowest BCUT2D eigenvalue weighted by Gasteiger charge is -2.19. The van der Waals surface area contributed by atoms with Crippen molar-refractivity contribution in [2.45, 2.75) is 13.3 Å². The van der Waals surface area contributed by atoms with Gasteiger partial charge in [0.25, 0.3) is 5.56 Å². The number of aromatic nitrogens is 2. The number of nitrogens with one attached hydrogen (secondary N) is 2. The fraction of sp³-hybridized carbons (Fsp3) is 0.200. The number of aromatic amines is 1. The summed E-state index contributed by atoms with van der Waals surface area (Å²) in [5, 5.41) is 3.21. The molecule has 1 aliphatic heterocycles. The summed E-state index contributed by atoms with van der Waals surface area (Å²) in [6, 6.07) is 12.6. The third-order valence-corrected chi connectivity index (χ3v) is 4.81. The van der Waals surface area contributed by atoms with Gasteiger partial charge in [-0.2, -0.15) is 0 Å². The van der Waals surface area contributed by atoms with E-state index in [1.165, 1.54) is 6.33 Å². The van der Waals surface area contributed by atoms with E-state index in [-0.39, 0.29) is 23.8 Å². The Morgan fingerprint density at radius 1 is 1.22 bits per heavy atom. The number of amides is 2. The number of nitrogens with zero attached hydrogens (tertiary/aromatic N) is 2. The Labute approximate surface area is 155 Å². The first-order valence-electron chi connectivity index (χ1n) is 8.67. The van der Waals surface area contributed by atoms with Crippen molar-refractivity contribution in [1.29, 1.82) is 0 Å². The first-order chi connectivity index (χ1) is 13.0. The van der Waals surface area contributed by atoms with Crippen molar-refractivity contribution in [2.24, 2.45) is 5.92 Å². The van der Waals surface area contributed by atoms with Crippen LogP contribution in [0, 0.1) is 12.8 Å². The molecule has 0 unspecified atom stereocenters. The highest BCUT2D eigenvalue weighted by Gasteiger charge is 2.35. The van der Waals surface area contributed by atoms with Crippen molar-refractivity contribution in [1.82, 2.24) is 9.97 Å². The van der Waals surface area contributed by atoms with Crippen LogP contribution in [0.1, 0.15) is 12.0 Å². The third kappa shape index (κ3) is 3.19. The molecule has 0 radical (unpaired) electrons. The average molecular weight is 362 g/mol. The Bertz CT molecular complexity index is 1110. The minimum atomic E-state index is -0.444. The van der Waals surface area contributed by atoms with Gasteiger partial charge in [-0.05, 0) is 36.8 Å². The summed E-state index contributed by atoms with van der Waals surface area (Å²) in [7, 11) is 0. The monoisotopic (exact) mass is 362 g/mol. The zero-order valence-electron chi connectivity index (χ0n) is 14.7. The molecule has 27 heavy (non-hydrogen) atoms. The molecule has 2 amide bonds. The first-order valence-corrected chi connectivity index (χ1v) is 8.67. The Morgan fingerprint density at radius 3 is 2.85 bits per heavy atom. The van der Waals surface area contributed by atoms with Crippen molar-refractivity contribution in [3.05, 3.63) is 64.7 Å². The van der Waals surface area contributed by atoms with Crippen molar-refractivity contribution < 1.29 is 9.59 Å². The normalized spacial score (nSPS) is 16.7. The predicted molar refractivity (Wildman–Crippen MR) is 103 cm³/mol. The van der Waals surface area contributed by atoms with Gasteiger partial charge in [0.2, 0.25) is 11.8 Å². The number of H-pyrrole nitrogens is 1. The van der Waals surface area contributed by atoms with Crippen molar-refractivity contribution in [2.75, 3.05) is 16.8 Å². The van der Waals surface area contributed by atoms with Crippen molar-refractivity contribution in [3.8, 4) is 0 Å². The smallest absolute Gasteiger partial charge is 0.258 e. The van der Waals surface area contributed by atoms with Crippen LogP contribution < -0.4 is 15.8 Å². The number of benzene rings is 2. The predicted octanol–water partition coefficient (Wildman–Crippen LogP) is 2.22. The molecule has 2 heterocycles. The van der Waals surface area contributed by atoms with E-state index in [2.05, 4.69) is 15.3 Å². The van der Waals surface area contributed by atoms with Gasteiger partial charge in [-0.15, -0.1) is 0 Å². The molecular formula is C20H18N4O3. The number of fused-ring (bicyclic) bond motifs is 1. The van der Waals surface area contributed by atoms with Crippen LogP contribution in [0.15, 0.2) is 53.6 Å². The van der Waals surface area contributed by atoms with Gasteiger partial charge in [0, 0.05) is 24.3 Å². The van der Waals surface area contributed by atoms with E-state index in [0.717, 1.165) is 11.3 Å². The molecule has 1 aliphatic rings. The Kier molecular flexibility index (Phi) is 4.19. The van der Waals surface area contributed by atoms with Gasteiger partial charge in [0.05, 0.1) is 23.1 Å². The Morgan fingerprint density at radius 2 is 2.04 bits per heavy atom. The SMILES string of the molecule is Cc1ccccc1N1C[C@H](C(=O)Nc2ccc3nc[nH]c(=O)c3c2)CC1=O. The second-order valence-electron chi connectivity index (χ2n) is 6.64. The van der Waals surface area contributed by atoms with Crippen LogP contribution in [0.25, 0.3) is 10.9 Å². The Balaban J connectivity index is 1.52. The topological polar surface area (TPSA) is 95.2 Å². The highest BCUT2D eigenvalue weighted by atomic mass is 16.2. The first kappa shape index (κ1) is 17.0. The second-order valence-corrected chi connectivity index (χ2v) is 6.64. The molecule has 136 valence electrons. The molecule has 1 saturated heterocycles. The summed E-state index contributed by atoms with van der Waals surface area (Å²) in [4.78, 5) is 45.2. The van der Waals surface area contributed by atoms with E-state index in [9.17, 15) is 14.4 Å². The number of carbonyl (C=O) groups excluding carboxylic acids is 2. The van der Waals surface area contributed by atoms with Crippen LogP contribution >= 0.6 is 0 Å². The molecule has 3 aromatic rings. The van der Waals surface area contributed by atoms with E-state index in [1.807, 2.05) is 31.2 Å². The molecule has 7 nitrogen and oxygen atoms in total. The molecular weight excluding hydrogens is 344 g/mol. The van der Waals surface area contributed by atoms with Crippen LogP contribution in [0.3, 0.4) is 0 Å². The molecule has 2 N–H and O–H groups in total. The van der Waals surface area contributed by atoms with Gasteiger partial charge in [-0.3, -0.25) is 14.4 Å². The van der Waals surface area contributed by atoms with Crippen LogP contribution in [-0.2, 0) is 9.59 Å². The lowest BCUT2D eigenvalue weighted by atomic mass is 10.1. The van der Waals surface area contributed by atoms with Gasteiger partial charge in [-0.25, -0.2) is 4.98 Å². The molecule has 1 aromatic heterocycles. The van der Waals surface area contributed by atoms with E-state index < -0.39 is 5.92 Å². The summed E-state index contributed by atoms with van der Waals surface area (Å²) in [6.07, 6.45) is 1.50. The van der Waals surface area contributed by atoms with Crippen LogP contribution in [-0.4, -0.2) is 28.3 Å². The van der Waals surface area contributed by atoms with Crippen LogP contribution in [0.4, 0.5) is 11.4 Å². The van der Waals surface area contributed by atoms with E-state index in [4.69, 9.17) is 0 Å². The molecule has 0 aliphatic carbocycles. The molecule has 2 aromatic carbocycles. The van der Waals surface area contributed by atoms with Crippen LogP contribution in [0.2, 0.25) is 0 Å². The number of aryl methyl sites for hydroxylation is 1. The van der Waals surface area contributed by atoms with Gasteiger partial charge in [-0.1, -0.05) is 18.2 Å². The standard InChI is InChI=1S/C20H18N4O3/c1-12-4-2-3-5-17(12)24-10-13(8-18(24)25)19(26)23-14-6-7-16-15(9-14)20(27)22-11-21-16/h2-7,9,11,13H,8,10H2,1H3,(H,23,26)(H,21,22,27)/t13-/m1/s1. The number of hydrogen-bond acceptors (Lipinski definition) is 4. The lowest BCUT2D eigenvalue weighted by molar-refractivity contribution is -0.122. The second kappa shape index (κ2) is 6.68. The lowest BCUT2D eigenvalue weighted by Crippen LogP contribution is -2.28. The van der Waals surface area contributed by atoms with E-state index >= 15 is 0 Å². The molecule has 0 spiro atoms. The summed E-state index contributed by atoms with van der Waals surface area (Å²) in [5.74, 6) is -0.748. The maximum atomic E-state index is 12.7. The van der Waals surface area contributed by atoms with E-state index in [0.29, 0.717) is 23.1 Å². The minimum Gasteiger partial charge on any atom is -0.326 e. The summed E-state index contributed by atoms with van der Waals surface area (Å²) < 4.78 is 0. The fourth-order valence-corrected chi connectivity index (χ4v) is 3.37. The maximum Gasteiger partial charge on any atom is 0.258 e. The van der Waals surface area contributed by atoms with Gasteiger partial charge in [0.15, 0.2) is 0 Å². The van der Waals surface area contributed by atoms with Gasteiger partial charge >= 0.3 is 0 Å². The summed E-state index contributed by atoms with van der Waals surface area (Å²) >= 11 is 0. The molecule has 4 rings (SSSR count). The van der Waals surface area contributed by atoms with Gasteiger partial charge in [0.1, 0.15) is 0 Å². The minimum absolute atomic E-state index is 0.0661. The number of rotatable bonds is 3. The maximum absolute atomic E-state index is 12.7. The fourth-order valence-electron chi connectivity index (χ4n) is 3.37. The number of para-hydroxylation sites is 1. The molecule has 0 bridgehead atoms. The zero-order valence-corrected chi connectivity index (χ0v) is 14.7. The van der Waals surface area contributed by atoms with E-state index in [1.54, 1.807) is 23.1 Å². The average Bonchev–Trinajstić information content (AvgIpc) is 3.04. The summed E-state index contributed by atoms with van der Waals surface area (Å²) in [6.45, 7) is 2.28. The number of anilines is 2. The highest BCUT2D eigenvalue weighted by molar-refractivity contribution is 6.04. The number of carbonyl (C=O) groups is 2. The summed E-state index contributed by atoms with van der Waals surface area (Å²) in [5.41, 5.74) is 2.62. The van der Waals surface area contributed by atoms with Crippen LogP contribution in [0.5, 0.6) is 0 Å². The molecule has 1 fully saturated rings. The molecule has 7 heteroatoms. The molecule has 0 saturated carbocycles.